The van der Waals surface area contributed by atoms with Crippen molar-refractivity contribution in [1.29, 1.82) is 0 Å². The summed E-state index contributed by atoms with van der Waals surface area (Å²) in [5, 5.41) is 9.67. The van der Waals surface area contributed by atoms with Gasteiger partial charge >= 0.3 is 0 Å². The molecule has 1 aromatic carbocycles. The van der Waals surface area contributed by atoms with E-state index >= 15 is 0 Å². The van der Waals surface area contributed by atoms with Crippen LogP contribution >= 0.6 is 11.6 Å². The van der Waals surface area contributed by atoms with E-state index in [-0.39, 0.29) is 12.5 Å². The minimum atomic E-state index is 0.138. The second-order valence-corrected chi connectivity index (χ2v) is 3.55. The second kappa shape index (κ2) is 5.22. The van der Waals surface area contributed by atoms with Crippen LogP contribution in [0.3, 0.4) is 0 Å². The molecule has 0 heterocycles. The van der Waals surface area contributed by atoms with Crippen molar-refractivity contribution in [3.63, 3.8) is 0 Å². The van der Waals surface area contributed by atoms with Gasteiger partial charge in [-0.2, -0.15) is 0 Å². The van der Waals surface area contributed by atoms with Gasteiger partial charge < -0.3 is 10.8 Å². The third-order valence-corrected chi connectivity index (χ3v) is 2.28. The maximum absolute atomic E-state index is 8.94. The lowest BCUT2D eigenvalue weighted by Crippen LogP contribution is -2.20. The van der Waals surface area contributed by atoms with Crippen molar-refractivity contribution >= 4 is 11.6 Å². The van der Waals surface area contributed by atoms with Crippen LogP contribution in [-0.4, -0.2) is 18.3 Å². The molecule has 0 aliphatic carbocycles. The third kappa shape index (κ3) is 3.35. The fraction of sp³-hybridized carbons (Fsp3) is 0.400. The van der Waals surface area contributed by atoms with Gasteiger partial charge in [-0.3, -0.25) is 0 Å². The van der Waals surface area contributed by atoms with E-state index in [9.17, 15) is 0 Å². The van der Waals surface area contributed by atoms with Gasteiger partial charge in [0.15, 0.2) is 0 Å². The molecule has 3 N–H and O–H groups in total. The Morgan fingerprint density at radius 3 is 2.38 bits per heavy atom. The van der Waals surface area contributed by atoms with Crippen molar-refractivity contribution in [2.75, 3.05) is 13.2 Å². The molecule has 3 heteroatoms. The van der Waals surface area contributed by atoms with Gasteiger partial charge in [-0.15, -0.1) is 0 Å². The Morgan fingerprint density at radius 1 is 1.31 bits per heavy atom. The summed E-state index contributed by atoms with van der Waals surface area (Å²) in [7, 11) is 0. The van der Waals surface area contributed by atoms with Crippen molar-refractivity contribution in [2.45, 2.75) is 6.42 Å². The zero-order valence-electron chi connectivity index (χ0n) is 7.41. The average Bonchev–Trinajstić information content (AvgIpc) is 2.17. The zero-order chi connectivity index (χ0) is 9.68. The van der Waals surface area contributed by atoms with Crippen molar-refractivity contribution in [3.05, 3.63) is 34.9 Å². The maximum atomic E-state index is 8.94. The molecule has 72 valence electrons. The van der Waals surface area contributed by atoms with E-state index in [1.807, 2.05) is 24.3 Å². The van der Waals surface area contributed by atoms with Gasteiger partial charge in [-0.1, -0.05) is 23.7 Å². The predicted octanol–water partition coefficient (Wildman–Crippen LogP) is 1.45. The van der Waals surface area contributed by atoms with Crippen LogP contribution in [0.2, 0.25) is 5.02 Å². The van der Waals surface area contributed by atoms with Crippen LogP contribution in [0, 0.1) is 5.92 Å². The van der Waals surface area contributed by atoms with Crippen LogP contribution in [0.5, 0.6) is 0 Å². The van der Waals surface area contributed by atoms with Crippen LogP contribution in [-0.2, 0) is 6.42 Å². The van der Waals surface area contributed by atoms with Gasteiger partial charge in [0.05, 0.1) is 0 Å². The first kappa shape index (κ1) is 10.5. The first-order valence-corrected chi connectivity index (χ1v) is 4.69. The smallest absolute Gasteiger partial charge is 0.0474 e. The molecule has 0 saturated carbocycles. The molecule has 0 saturated heterocycles. The lowest BCUT2D eigenvalue weighted by molar-refractivity contribution is 0.230. The first-order chi connectivity index (χ1) is 6.26. The van der Waals surface area contributed by atoms with Gasteiger partial charge in [0, 0.05) is 11.6 Å². The molecule has 0 amide bonds. The highest BCUT2D eigenvalue weighted by molar-refractivity contribution is 6.30. The van der Waals surface area contributed by atoms with E-state index in [0.717, 1.165) is 17.0 Å². The highest BCUT2D eigenvalue weighted by Crippen LogP contribution is 2.12. The van der Waals surface area contributed by atoms with Gasteiger partial charge in [0.2, 0.25) is 0 Å². The summed E-state index contributed by atoms with van der Waals surface area (Å²) in [4.78, 5) is 0. The fourth-order valence-electron chi connectivity index (χ4n) is 1.18. The Kier molecular flexibility index (Phi) is 4.22. The van der Waals surface area contributed by atoms with Gasteiger partial charge in [-0.05, 0) is 36.6 Å². The van der Waals surface area contributed by atoms with Crippen molar-refractivity contribution in [2.24, 2.45) is 11.7 Å². The number of nitrogens with two attached hydrogens (primary N) is 1. The van der Waals surface area contributed by atoms with Gasteiger partial charge in [0.1, 0.15) is 0 Å². The normalized spacial score (nSPS) is 12.8. The number of hydrogen-bond donors (Lipinski definition) is 2. The van der Waals surface area contributed by atoms with Crippen molar-refractivity contribution in [1.82, 2.24) is 0 Å². The topological polar surface area (TPSA) is 46.2 Å². The molecule has 2 nitrogen and oxygen atoms in total. The van der Waals surface area contributed by atoms with Crippen LogP contribution in [0.1, 0.15) is 5.56 Å². The predicted molar refractivity (Wildman–Crippen MR) is 54.8 cm³/mol. The molecule has 0 fully saturated rings. The molecular weight excluding hydrogens is 186 g/mol. The quantitative estimate of drug-likeness (QED) is 0.771. The first-order valence-electron chi connectivity index (χ1n) is 4.31. The summed E-state index contributed by atoms with van der Waals surface area (Å²) in [6.07, 6.45) is 0.810. The molecule has 0 aliphatic heterocycles. The van der Waals surface area contributed by atoms with Crippen LogP contribution < -0.4 is 5.73 Å². The summed E-state index contributed by atoms with van der Waals surface area (Å²) >= 11 is 5.74. The molecule has 13 heavy (non-hydrogen) atoms. The van der Waals surface area contributed by atoms with Crippen molar-refractivity contribution < 1.29 is 5.11 Å². The maximum Gasteiger partial charge on any atom is 0.0474 e. The van der Waals surface area contributed by atoms with Crippen LogP contribution in [0.4, 0.5) is 0 Å². The lowest BCUT2D eigenvalue weighted by atomic mass is 10.0. The monoisotopic (exact) mass is 199 g/mol. The number of benzene rings is 1. The summed E-state index contributed by atoms with van der Waals surface area (Å²) in [5.74, 6) is 0.154. The van der Waals surface area contributed by atoms with Gasteiger partial charge in [-0.25, -0.2) is 0 Å². The molecule has 0 aliphatic rings. The molecule has 1 rings (SSSR count). The molecule has 0 spiro atoms. The molecular formula is C10H14ClNO. The van der Waals surface area contributed by atoms with Crippen LogP contribution in [0.15, 0.2) is 24.3 Å². The van der Waals surface area contributed by atoms with E-state index in [2.05, 4.69) is 0 Å². The highest BCUT2D eigenvalue weighted by Gasteiger charge is 2.05. The van der Waals surface area contributed by atoms with E-state index in [4.69, 9.17) is 22.4 Å². The largest absolute Gasteiger partial charge is 0.396 e. The lowest BCUT2D eigenvalue weighted by Gasteiger charge is -2.10. The van der Waals surface area contributed by atoms with E-state index in [0.29, 0.717) is 6.54 Å². The summed E-state index contributed by atoms with van der Waals surface area (Å²) in [6.45, 7) is 0.651. The van der Waals surface area contributed by atoms with E-state index in [1.54, 1.807) is 0 Å². The van der Waals surface area contributed by atoms with E-state index < -0.39 is 0 Å². The highest BCUT2D eigenvalue weighted by atomic mass is 35.5. The molecule has 0 aromatic heterocycles. The number of hydrogen-bond acceptors (Lipinski definition) is 2. The third-order valence-electron chi connectivity index (χ3n) is 2.03. The van der Waals surface area contributed by atoms with Crippen molar-refractivity contribution in [3.8, 4) is 0 Å². The number of aliphatic hydroxyl groups excluding tert-OH is 1. The second-order valence-electron chi connectivity index (χ2n) is 3.11. The number of halogens is 1. The SMILES string of the molecule is NC[C@H](CO)Cc1ccc(Cl)cc1. The minimum Gasteiger partial charge on any atom is -0.396 e. The molecule has 1 aromatic rings. The molecule has 0 unspecified atom stereocenters. The minimum absolute atomic E-state index is 0.138. The average molecular weight is 200 g/mol. The molecule has 0 radical (unpaired) electrons. The summed E-state index contributed by atoms with van der Waals surface area (Å²) in [6, 6.07) is 7.62. The summed E-state index contributed by atoms with van der Waals surface area (Å²) in [5.41, 5.74) is 6.64. The van der Waals surface area contributed by atoms with Gasteiger partial charge in [0.25, 0.3) is 0 Å². The zero-order valence-corrected chi connectivity index (χ0v) is 8.17. The Bertz CT molecular complexity index is 244. The fourth-order valence-corrected chi connectivity index (χ4v) is 1.30. The molecule has 1 atom stereocenters. The molecule has 0 bridgehead atoms. The standard InChI is InChI=1S/C10H14ClNO/c11-10-3-1-8(2-4-10)5-9(6-12)7-13/h1-4,9,13H,5-7,12H2/t9-/m1/s1. The number of aliphatic hydroxyl groups is 1. The van der Waals surface area contributed by atoms with Crippen LogP contribution in [0.25, 0.3) is 0 Å². The Labute approximate surface area is 83.3 Å². The summed E-state index contributed by atoms with van der Waals surface area (Å²) < 4.78 is 0. The number of rotatable bonds is 4. The van der Waals surface area contributed by atoms with E-state index in [1.165, 1.54) is 0 Å². The Hall–Kier alpha value is -0.570. The Morgan fingerprint density at radius 2 is 1.92 bits per heavy atom. The Balaban J connectivity index is 2.58.